The van der Waals surface area contributed by atoms with E-state index < -0.39 is 57.6 Å². The fraction of sp³-hybridized carbons (Fsp3) is 0.788. The smallest absolute Gasteiger partial charge is 0.472 e. The average molecular weight is 924 g/mol. The van der Waals surface area contributed by atoms with E-state index in [9.17, 15) is 34.1 Å². The van der Waals surface area contributed by atoms with Crippen molar-refractivity contribution >= 4 is 25.7 Å². The molecule has 4 N–H and O–H groups in total. The molecule has 3 unspecified atom stereocenters. The molecule has 0 aromatic rings. The first kappa shape index (κ1) is 61.4. The van der Waals surface area contributed by atoms with E-state index in [1.54, 1.807) is 0 Å². The molecule has 1 amide bonds. The minimum absolute atomic E-state index is 0.0691. The zero-order valence-corrected chi connectivity index (χ0v) is 41.5. The van der Waals surface area contributed by atoms with Crippen LogP contribution in [0.3, 0.4) is 0 Å². The van der Waals surface area contributed by atoms with Gasteiger partial charge in [0.1, 0.15) is 12.7 Å². The van der Waals surface area contributed by atoms with E-state index in [0.29, 0.717) is 19.3 Å². The Bertz CT molecular complexity index is 1270. The maximum atomic E-state index is 12.3. The fourth-order valence-electron chi connectivity index (χ4n) is 7.13. The predicted octanol–water partition coefficient (Wildman–Crippen LogP) is 14.1. The fourth-order valence-corrected chi connectivity index (χ4v) is 7.91. The lowest BCUT2D eigenvalue weighted by atomic mass is 10.0. The highest BCUT2D eigenvalue weighted by atomic mass is 31.2. The summed E-state index contributed by atoms with van der Waals surface area (Å²) in [5.41, 5.74) is 0. The molecule has 0 aliphatic heterocycles. The molecule has 372 valence electrons. The van der Waals surface area contributed by atoms with E-state index in [4.69, 9.17) is 13.8 Å². The third kappa shape index (κ3) is 46.0. The van der Waals surface area contributed by atoms with Crippen molar-refractivity contribution in [3.63, 3.8) is 0 Å². The number of allylic oxidation sites excluding steroid dienone is 8. The number of hydrogen-bond donors (Lipinski definition) is 4. The van der Waals surface area contributed by atoms with Crippen LogP contribution in [-0.2, 0) is 32.7 Å². The molecular formula is C52H94NO10P. The summed E-state index contributed by atoms with van der Waals surface area (Å²) in [5, 5.41) is 21.9. The quantitative estimate of drug-likeness (QED) is 0.0199. The normalized spacial score (nSPS) is 13.9. The number of phosphoric ester groups is 1. The van der Waals surface area contributed by atoms with E-state index in [1.165, 1.54) is 141 Å². The van der Waals surface area contributed by atoms with E-state index in [1.807, 2.05) is 12.2 Å². The lowest BCUT2D eigenvalue weighted by Gasteiger charge is -2.18. The number of aliphatic hydroxyl groups is 1. The molecular weight excluding hydrogens is 830 g/mol. The van der Waals surface area contributed by atoms with Crippen LogP contribution >= 0.6 is 7.82 Å². The van der Waals surface area contributed by atoms with Gasteiger partial charge in [-0.1, -0.05) is 217 Å². The second-order valence-corrected chi connectivity index (χ2v) is 18.8. The number of carbonyl (C=O) groups excluding carboxylic acids is 2. The van der Waals surface area contributed by atoms with Crippen molar-refractivity contribution in [2.75, 3.05) is 19.8 Å². The molecule has 0 radical (unpaired) electrons. The van der Waals surface area contributed by atoms with Gasteiger partial charge in [-0.05, 0) is 51.4 Å². The van der Waals surface area contributed by atoms with Gasteiger partial charge in [0, 0.05) is 12.8 Å². The van der Waals surface area contributed by atoms with E-state index in [0.717, 1.165) is 44.9 Å². The number of carboxylic acids is 1. The monoisotopic (exact) mass is 924 g/mol. The van der Waals surface area contributed by atoms with E-state index in [2.05, 4.69) is 55.6 Å². The van der Waals surface area contributed by atoms with Crippen LogP contribution in [0.5, 0.6) is 0 Å². The van der Waals surface area contributed by atoms with Gasteiger partial charge in [-0.25, -0.2) is 9.36 Å². The number of hydrogen-bond acceptors (Lipinski definition) is 8. The Balaban J connectivity index is 3.84. The first-order valence-electron chi connectivity index (χ1n) is 25.7. The molecule has 0 rings (SSSR count). The van der Waals surface area contributed by atoms with Crippen LogP contribution in [0.1, 0.15) is 232 Å². The van der Waals surface area contributed by atoms with Crippen molar-refractivity contribution < 1.29 is 47.8 Å². The highest BCUT2D eigenvalue weighted by molar-refractivity contribution is 7.47. The molecule has 11 nitrogen and oxygen atoms in total. The van der Waals surface area contributed by atoms with Crippen molar-refractivity contribution in [1.82, 2.24) is 5.32 Å². The zero-order chi connectivity index (χ0) is 47.0. The van der Waals surface area contributed by atoms with Crippen molar-refractivity contribution in [3.05, 3.63) is 48.6 Å². The SMILES string of the molecule is CCCCC/C=C\C/C=C\C/C=C\C/C=C\CCCC(=O)NC(COP(=O)(O)OCC(O)COC(=O)CCCCCCCCCCCCCCCCCCCCCCCCC)C(=O)O. The van der Waals surface area contributed by atoms with Crippen LogP contribution in [0.25, 0.3) is 0 Å². The summed E-state index contributed by atoms with van der Waals surface area (Å²) in [7, 11) is -4.78. The second kappa shape index (κ2) is 47.0. The lowest BCUT2D eigenvalue weighted by molar-refractivity contribution is -0.147. The van der Waals surface area contributed by atoms with Gasteiger partial charge in [0.25, 0.3) is 0 Å². The Morgan fingerprint density at radius 2 is 0.875 bits per heavy atom. The molecule has 3 atom stereocenters. The number of aliphatic carboxylic acids is 1. The van der Waals surface area contributed by atoms with Gasteiger partial charge in [0.15, 0.2) is 6.04 Å². The molecule has 0 aliphatic rings. The molecule has 0 aromatic carbocycles. The topological polar surface area (TPSA) is 169 Å². The first-order chi connectivity index (χ1) is 31.1. The first-order valence-corrected chi connectivity index (χ1v) is 27.2. The number of phosphoric acid groups is 1. The van der Waals surface area contributed by atoms with Crippen LogP contribution in [0, 0.1) is 0 Å². The molecule has 0 bridgehead atoms. The van der Waals surface area contributed by atoms with E-state index >= 15 is 0 Å². The number of amides is 1. The van der Waals surface area contributed by atoms with Gasteiger partial charge in [-0.15, -0.1) is 0 Å². The molecule has 0 fully saturated rings. The van der Waals surface area contributed by atoms with Gasteiger partial charge >= 0.3 is 19.8 Å². The number of esters is 1. The zero-order valence-electron chi connectivity index (χ0n) is 40.6. The van der Waals surface area contributed by atoms with Crippen LogP contribution in [0.2, 0.25) is 0 Å². The lowest BCUT2D eigenvalue weighted by Crippen LogP contribution is -2.43. The number of carbonyl (C=O) groups is 3. The highest BCUT2D eigenvalue weighted by Gasteiger charge is 2.28. The average Bonchev–Trinajstić information content (AvgIpc) is 3.27. The maximum absolute atomic E-state index is 12.3. The molecule has 12 heteroatoms. The minimum atomic E-state index is -4.78. The van der Waals surface area contributed by atoms with Crippen molar-refractivity contribution in [2.45, 2.75) is 244 Å². The van der Waals surface area contributed by atoms with Gasteiger partial charge in [-0.2, -0.15) is 0 Å². The number of nitrogens with one attached hydrogen (secondary N) is 1. The van der Waals surface area contributed by atoms with E-state index in [-0.39, 0.29) is 12.8 Å². The molecule has 64 heavy (non-hydrogen) atoms. The Morgan fingerprint density at radius 3 is 1.31 bits per heavy atom. The molecule has 0 saturated carbocycles. The summed E-state index contributed by atoms with van der Waals surface area (Å²) in [6, 6.07) is -1.58. The summed E-state index contributed by atoms with van der Waals surface area (Å²) in [5.74, 6) is -2.44. The van der Waals surface area contributed by atoms with Gasteiger partial charge in [0.05, 0.1) is 13.2 Å². The maximum Gasteiger partial charge on any atom is 0.472 e. The third-order valence-electron chi connectivity index (χ3n) is 11.1. The summed E-state index contributed by atoms with van der Waals surface area (Å²) in [4.78, 5) is 46.0. The molecule has 0 heterocycles. The number of rotatable bonds is 48. The second-order valence-electron chi connectivity index (χ2n) is 17.4. The van der Waals surface area contributed by atoms with Crippen molar-refractivity contribution in [2.24, 2.45) is 0 Å². The number of carboxylic acid groups (broad SMARTS) is 1. The molecule has 0 aromatic heterocycles. The van der Waals surface area contributed by atoms with Gasteiger partial charge in [0.2, 0.25) is 5.91 Å². The Kier molecular flexibility index (Phi) is 45.1. The van der Waals surface area contributed by atoms with Gasteiger partial charge in [-0.3, -0.25) is 18.6 Å². The number of unbranched alkanes of at least 4 members (excludes halogenated alkanes) is 26. The number of ether oxygens (including phenoxy) is 1. The molecule has 0 spiro atoms. The van der Waals surface area contributed by atoms with Crippen molar-refractivity contribution in [3.8, 4) is 0 Å². The van der Waals surface area contributed by atoms with Crippen LogP contribution < -0.4 is 5.32 Å². The standard InChI is InChI=1S/C52H94NO10P/c1-3-5-7-9-11-13-15-17-19-21-22-23-24-25-26-28-30-32-34-36-38-40-42-44-51(56)61-45-48(54)46-62-64(59,60)63-47-49(52(57)58)53-50(55)43-41-39-37-35-33-31-29-27-20-18-16-14-12-10-8-6-4-2/h12,14,18,20,29,31,35,37,48-49,54H,3-11,13,15-17,19,21-28,30,32-34,36,38-47H2,1-2H3,(H,53,55)(H,57,58)(H,59,60)/b14-12-,20-18-,31-29-,37-35-. The minimum Gasteiger partial charge on any atom is -0.480 e. The molecule has 0 saturated heterocycles. The molecule has 0 aliphatic carbocycles. The summed E-state index contributed by atoms with van der Waals surface area (Å²) < 4.78 is 26.9. The summed E-state index contributed by atoms with van der Waals surface area (Å²) in [6.45, 7) is 2.56. The third-order valence-corrected chi connectivity index (χ3v) is 12.1. The van der Waals surface area contributed by atoms with Crippen LogP contribution in [0.15, 0.2) is 48.6 Å². The largest absolute Gasteiger partial charge is 0.480 e. The van der Waals surface area contributed by atoms with Crippen LogP contribution in [-0.4, -0.2) is 64.9 Å². The van der Waals surface area contributed by atoms with Gasteiger partial charge < -0.3 is 25.2 Å². The predicted molar refractivity (Wildman–Crippen MR) is 263 cm³/mol. The summed E-state index contributed by atoms with van der Waals surface area (Å²) >= 11 is 0. The Hall–Kier alpha value is -2.56. The summed E-state index contributed by atoms with van der Waals surface area (Å²) in [6.07, 6.45) is 54.4. The highest BCUT2D eigenvalue weighted by Crippen LogP contribution is 2.43. The number of aliphatic hydroxyl groups excluding tert-OH is 1. The van der Waals surface area contributed by atoms with Crippen LogP contribution in [0.4, 0.5) is 0 Å². The van der Waals surface area contributed by atoms with Crippen molar-refractivity contribution in [1.29, 1.82) is 0 Å². The Morgan fingerprint density at radius 1 is 0.500 bits per heavy atom. The Labute approximate surface area is 390 Å².